The van der Waals surface area contributed by atoms with Crippen molar-refractivity contribution in [3.8, 4) is 5.75 Å². The third-order valence-electron chi connectivity index (χ3n) is 7.92. The number of hydrogen-bond acceptors (Lipinski definition) is 5. The maximum absolute atomic E-state index is 12.7. The molecule has 1 aromatic heterocycles. The van der Waals surface area contributed by atoms with E-state index in [4.69, 9.17) is 9.72 Å². The van der Waals surface area contributed by atoms with Gasteiger partial charge >= 0.3 is 0 Å². The Kier molecular flexibility index (Phi) is 12.3. The van der Waals surface area contributed by atoms with Gasteiger partial charge in [-0.3, -0.25) is 9.69 Å². The molecule has 45 heavy (non-hydrogen) atoms. The lowest BCUT2D eigenvalue weighted by molar-refractivity contribution is 0.0948. The number of unbranched alkanes of at least 4 members (excludes halogenated alkanes) is 2. The van der Waals surface area contributed by atoms with E-state index < -0.39 is 0 Å². The number of carbonyl (C=O) groups excluding carboxylic acids is 1. The van der Waals surface area contributed by atoms with Gasteiger partial charge in [0, 0.05) is 24.4 Å². The Hall–Kier alpha value is -4.26. The molecule has 0 saturated heterocycles. The van der Waals surface area contributed by atoms with Gasteiger partial charge in [-0.25, -0.2) is 4.98 Å². The van der Waals surface area contributed by atoms with Gasteiger partial charge in [0.25, 0.3) is 5.91 Å². The fourth-order valence-corrected chi connectivity index (χ4v) is 6.27. The highest BCUT2D eigenvalue weighted by atomic mass is 32.1. The Bertz CT molecular complexity index is 1520. The molecule has 0 aliphatic carbocycles. The summed E-state index contributed by atoms with van der Waals surface area (Å²) in [6.07, 6.45) is 4.20. The lowest BCUT2D eigenvalue weighted by Gasteiger charge is -2.25. The van der Waals surface area contributed by atoms with Gasteiger partial charge in [-0.2, -0.15) is 0 Å². The van der Waals surface area contributed by atoms with Crippen LogP contribution in [0.3, 0.4) is 0 Å². The molecule has 6 heteroatoms. The maximum atomic E-state index is 12.7. The number of amides is 1. The first-order valence-electron chi connectivity index (χ1n) is 16.0. The Morgan fingerprint density at radius 1 is 0.800 bits per heavy atom. The second-order valence-corrected chi connectivity index (χ2v) is 12.3. The minimum Gasteiger partial charge on any atom is -0.489 e. The van der Waals surface area contributed by atoms with Gasteiger partial charge in [-0.1, -0.05) is 123 Å². The summed E-state index contributed by atoms with van der Waals surface area (Å²) in [4.78, 5) is 19.9. The fraction of sp³-hybridized carbons (Fsp3) is 0.282. The van der Waals surface area contributed by atoms with Crippen molar-refractivity contribution in [2.45, 2.75) is 58.2 Å². The van der Waals surface area contributed by atoms with Crippen LogP contribution in [0.2, 0.25) is 0 Å². The Morgan fingerprint density at radius 3 is 2.09 bits per heavy atom. The minimum atomic E-state index is -0.0838. The molecule has 0 saturated carbocycles. The molecule has 1 N–H and O–H groups in total. The van der Waals surface area contributed by atoms with Crippen molar-refractivity contribution in [3.63, 3.8) is 0 Å². The predicted octanol–water partition coefficient (Wildman–Crippen LogP) is 8.87. The summed E-state index contributed by atoms with van der Waals surface area (Å²) in [7, 11) is 0. The second-order valence-electron chi connectivity index (χ2n) is 11.4. The molecule has 4 aromatic carbocycles. The van der Waals surface area contributed by atoms with E-state index in [1.54, 1.807) is 11.3 Å². The monoisotopic (exact) mass is 617 g/mol. The molecular formula is C39H43N3O2S. The predicted molar refractivity (Wildman–Crippen MR) is 185 cm³/mol. The molecule has 0 aliphatic heterocycles. The number of nitrogens with one attached hydrogen (secondary N) is 1. The molecular weight excluding hydrogens is 575 g/mol. The Balaban J connectivity index is 1.29. The van der Waals surface area contributed by atoms with Crippen molar-refractivity contribution < 1.29 is 9.53 Å². The van der Waals surface area contributed by atoms with Crippen LogP contribution in [0.5, 0.6) is 5.75 Å². The zero-order chi connectivity index (χ0) is 31.1. The largest absolute Gasteiger partial charge is 0.489 e. The second kappa shape index (κ2) is 17.3. The molecule has 0 spiro atoms. The third kappa shape index (κ3) is 10.1. The molecule has 0 atom stereocenters. The summed E-state index contributed by atoms with van der Waals surface area (Å²) in [5.74, 6) is 1.06. The molecule has 0 bridgehead atoms. The van der Waals surface area contributed by atoms with Crippen molar-refractivity contribution in [1.82, 2.24) is 15.2 Å². The number of rotatable bonds is 17. The van der Waals surface area contributed by atoms with E-state index in [1.807, 2.05) is 23.6 Å². The van der Waals surface area contributed by atoms with Crippen molar-refractivity contribution in [3.05, 3.63) is 154 Å². The van der Waals surface area contributed by atoms with Gasteiger partial charge in [0.15, 0.2) is 0 Å². The normalized spacial score (nSPS) is 11.2. The molecule has 1 amide bonds. The van der Waals surface area contributed by atoms with Crippen LogP contribution < -0.4 is 10.1 Å². The standard InChI is InChI=1S/C39H43N3O2S/c1-2-3-13-25-40-39(43)37-30-45-38(41-37)28-42(26-24-36(33-16-9-5-10-17-33)34-18-11-6-12-19-34)27-31-20-22-35(23-21-31)44-29-32-14-7-4-8-15-32/h4-12,14-23,30,36H,2-3,13,24-29H2,1H3,(H,40,43). The Labute approximate surface area is 271 Å². The number of thiazole rings is 1. The van der Waals surface area contributed by atoms with Gasteiger partial charge in [0.2, 0.25) is 0 Å². The number of nitrogens with zero attached hydrogens (tertiary/aromatic N) is 2. The average Bonchev–Trinajstić information content (AvgIpc) is 3.56. The van der Waals surface area contributed by atoms with Crippen molar-refractivity contribution >= 4 is 17.2 Å². The molecule has 1 heterocycles. The molecule has 232 valence electrons. The number of ether oxygens (including phenoxy) is 1. The van der Waals surface area contributed by atoms with Crippen LogP contribution in [0, 0.1) is 0 Å². The molecule has 0 radical (unpaired) electrons. The molecule has 5 nitrogen and oxygen atoms in total. The average molecular weight is 618 g/mol. The smallest absolute Gasteiger partial charge is 0.270 e. The van der Waals surface area contributed by atoms with Gasteiger partial charge in [0.05, 0.1) is 6.54 Å². The van der Waals surface area contributed by atoms with E-state index in [2.05, 4.69) is 114 Å². The summed E-state index contributed by atoms with van der Waals surface area (Å²) in [5, 5.41) is 5.86. The highest BCUT2D eigenvalue weighted by molar-refractivity contribution is 7.09. The van der Waals surface area contributed by atoms with Gasteiger partial charge < -0.3 is 10.1 Å². The molecule has 5 aromatic rings. The fourth-order valence-electron chi connectivity index (χ4n) is 5.46. The Morgan fingerprint density at radius 2 is 1.44 bits per heavy atom. The van der Waals surface area contributed by atoms with Gasteiger partial charge in [-0.05, 0) is 53.8 Å². The van der Waals surface area contributed by atoms with Crippen molar-refractivity contribution in [2.75, 3.05) is 13.1 Å². The maximum Gasteiger partial charge on any atom is 0.270 e. The lowest BCUT2D eigenvalue weighted by Crippen LogP contribution is -2.26. The first-order valence-corrected chi connectivity index (χ1v) is 16.9. The summed E-state index contributed by atoms with van der Waals surface area (Å²) >= 11 is 1.56. The molecule has 0 aliphatic rings. The van der Waals surface area contributed by atoms with E-state index in [9.17, 15) is 4.79 Å². The lowest BCUT2D eigenvalue weighted by atomic mass is 9.88. The first kappa shape index (κ1) is 32.1. The van der Waals surface area contributed by atoms with E-state index in [-0.39, 0.29) is 11.8 Å². The number of carbonyl (C=O) groups is 1. The van der Waals surface area contributed by atoms with Crippen molar-refractivity contribution in [2.24, 2.45) is 0 Å². The van der Waals surface area contributed by atoms with Crippen LogP contribution >= 0.6 is 11.3 Å². The zero-order valence-electron chi connectivity index (χ0n) is 26.1. The van der Waals surface area contributed by atoms with Crippen LogP contribution in [0.15, 0.2) is 121 Å². The SMILES string of the molecule is CCCCCNC(=O)c1csc(CN(CCC(c2ccccc2)c2ccccc2)Cc2ccc(OCc3ccccc3)cc2)n1. The zero-order valence-corrected chi connectivity index (χ0v) is 26.9. The van der Waals surface area contributed by atoms with Crippen LogP contribution in [-0.4, -0.2) is 28.9 Å². The first-order chi connectivity index (χ1) is 22.2. The van der Waals surface area contributed by atoms with Crippen molar-refractivity contribution in [1.29, 1.82) is 0 Å². The van der Waals surface area contributed by atoms with Crippen LogP contribution in [-0.2, 0) is 19.7 Å². The highest BCUT2D eigenvalue weighted by Crippen LogP contribution is 2.29. The molecule has 0 unspecified atom stereocenters. The topological polar surface area (TPSA) is 54.5 Å². The van der Waals surface area contributed by atoms with Gasteiger partial charge in [0.1, 0.15) is 23.1 Å². The molecule has 0 fully saturated rings. The van der Waals surface area contributed by atoms with Crippen LogP contribution in [0.4, 0.5) is 0 Å². The third-order valence-corrected chi connectivity index (χ3v) is 8.76. The summed E-state index contributed by atoms with van der Waals surface area (Å²) in [6, 6.07) is 40.2. The van der Waals surface area contributed by atoms with E-state index in [1.165, 1.54) is 16.7 Å². The summed E-state index contributed by atoms with van der Waals surface area (Å²) < 4.78 is 6.03. The quantitative estimate of drug-likeness (QED) is 0.106. The van der Waals surface area contributed by atoms with Crippen LogP contribution in [0.1, 0.15) is 76.3 Å². The number of hydrogen-bond donors (Lipinski definition) is 1. The minimum absolute atomic E-state index is 0.0838. The summed E-state index contributed by atoms with van der Waals surface area (Å²) in [5.41, 5.74) is 5.51. The van der Waals surface area contributed by atoms with Crippen LogP contribution in [0.25, 0.3) is 0 Å². The van der Waals surface area contributed by atoms with E-state index in [0.29, 0.717) is 25.4 Å². The summed E-state index contributed by atoms with van der Waals surface area (Å²) in [6.45, 7) is 5.72. The highest BCUT2D eigenvalue weighted by Gasteiger charge is 2.18. The van der Waals surface area contributed by atoms with E-state index >= 15 is 0 Å². The number of aromatic nitrogens is 1. The van der Waals surface area contributed by atoms with Gasteiger partial charge in [-0.15, -0.1) is 11.3 Å². The van der Waals surface area contributed by atoms with E-state index in [0.717, 1.165) is 55.1 Å². The molecule has 5 rings (SSSR count). The number of benzene rings is 4.